The van der Waals surface area contributed by atoms with E-state index in [-0.39, 0.29) is 12.1 Å². The van der Waals surface area contributed by atoms with Crippen LogP contribution in [0.1, 0.15) is 6.92 Å². The van der Waals surface area contributed by atoms with Crippen molar-refractivity contribution in [3.8, 4) is 0 Å². The molecule has 0 aliphatic heterocycles. The van der Waals surface area contributed by atoms with E-state index in [0.717, 1.165) is 0 Å². The Hall–Kier alpha value is -0.430. The van der Waals surface area contributed by atoms with Crippen LogP contribution in [0, 0.1) is 0 Å². The number of carbonyl (C=O) groups is 1. The average molecular weight is 148 g/mol. The van der Waals surface area contributed by atoms with Crippen molar-refractivity contribution in [3.63, 3.8) is 0 Å². The van der Waals surface area contributed by atoms with Gasteiger partial charge in [0.1, 0.15) is 0 Å². The van der Waals surface area contributed by atoms with Crippen LogP contribution < -0.4 is 0 Å². The standard InChI is InChI=1S/C5H10NO2P/c1-3-6(2)5(7)4-9-8/h3-4H2,1-2H3/p+1. The molecule has 0 heterocycles. The van der Waals surface area contributed by atoms with Gasteiger partial charge < -0.3 is 4.90 Å². The summed E-state index contributed by atoms with van der Waals surface area (Å²) in [6, 6.07) is 0. The number of carbonyl (C=O) groups excluding carboxylic acids is 1. The number of hydrogen-bond donors (Lipinski definition) is 0. The Morgan fingerprint density at radius 3 is 2.56 bits per heavy atom. The quantitative estimate of drug-likeness (QED) is 0.546. The molecule has 0 aliphatic carbocycles. The van der Waals surface area contributed by atoms with Gasteiger partial charge in [-0.05, 0) is 6.92 Å². The Morgan fingerprint density at radius 1 is 1.67 bits per heavy atom. The molecule has 0 aromatic heterocycles. The molecule has 0 N–H and O–H groups in total. The lowest BCUT2D eigenvalue weighted by Crippen LogP contribution is -2.26. The van der Waals surface area contributed by atoms with Crippen LogP contribution in [-0.4, -0.2) is 30.6 Å². The molecule has 1 amide bonds. The van der Waals surface area contributed by atoms with Crippen molar-refractivity contribution in [1.82, 2.24) is 4.90 Å². The zero-order valence-corrected chi connectivity index (χ0v) is 6.68. The molecular weight excluding hydrogens is 137 g/mol. The van der Waals surface area contributed by atoms with Crippen LogP contribution in [0.3, 0.4) is 0 Å². The summed E-state index contributed by atoms with van der Waals surface area (Å²) in [6.45, 7) is 2.56. The Morgan fingerprint density at radius 2 is 2.22 bits per heavy atom. The first-order valence-corrected chi connectivity index (χ1v) is 3.92. The molecule has 0 fully saturated rings. The van der Waals surface area contributed by atoms with Gasteiger partial charge in [-0.3, -0.25) is 4.79 Å². The normalized spacial score (nSPS) is 9.56. The van der Waals surface area contributed by atoms with Crippen molar-refractivity contribution in [2.24, 2.45) is 0 Å². The maximum atomic E-state index is 10.7. The summed E-state index contributed by atoms with van der Waals surface area (Å²) < 4.78 is 9.94. The van der Waals surface area contributed by atoms with Gasteiger partial charge in [-0.1, -0.05) is 4.57 Å². The summed E-state index contributed by atoms with van der Waals surface area (Å²) in [5, 5.41) is 0. The number of nitrogens with zero attached hydrogens (tertiary/aromatic N) is 1. The first-order chi connectivity index (χ1) is 4.22. The van der Waals surface area contributed by atoms with E-state index in [0.29, 0.717) is 6.54 Å². The van der Waals surface area contributed by atoms with E-state index in [4.69, 9.17) is 0 Å². The van der Waals surface area contributed by atoms with Crippen molar-refractivity contribution in [2.45, 2.75) is 6.92 Å². The minimum Gasteiger partial charge on any atom is -0.342 e. The van der Waals surface area contributed by atoms with E-state index in [1.807, 2.05) is 6.92 Å². The molecule has 0 spiro atoms. The second kappa shape index (κ2) is 4.45. The highest BCUT2D eigenvalue weighted by Crippen LogP contribution is 1.93. The highest BCUT2D eigenvalue weighted by molar-refractivity contribution is 7.25. The predicted octanol–water partition coefficient (Wildman–Crippen LogP) is 0.489. The van der Waals surface area contributed by atoms with E-state index < -0.39 is 8.46 Å². The summed E-state index contributed by atoms with van der Waals surface area (Å²) in [5.74, 6) is -0.0502. The molecule has 52 valence electrons. The summed E-state index contributed by atoms with van der Waals surface area (Å²) >= 11 is 0. The van der Waals surface area contributed by atoms with Crippen LogP contribution in [0.5, 0.6) is 0 Å². The van der Waals surface area contributed by atoms with Crippen molar-refractivity contribution in [3.05, 3.63) is 0 Å². The summed E-state index contributed by atoms with van der Waals surface area (Å²) in [7, 11) is 1.19. The van der Waals surface area contributed by atoms with Gasteiger partial charge in [0, 0.05) is 13.6 Å². The topological polar surface area (TPSA) is 37.4 Å². The second-order valence-corrected chi connectivity index (χ2v) is 2.37. The average Bonchev–Trinajstić information content (AvgIpc) is 1.87. The SMILES string of the molecule is CCN(C)C(=O)C[PH+]=O. The third-order valence-corrected chi connectivity index (χ3v) is 1.57. The van der Waals surface area contributed by atoms with E-state index in [1.54, 1.807) is 11.9 Å². The molecule has 1 unspecified atom stereocenters. The number of rotatable bonds is 3. The summed E-state index contributed by atoms with van der Waals surface area (Å²) in [4.78, 5) is 12.3. The fourth-order valence-corrected chi connectivity index (χ4v) is 0.766. The molecule has 0 rings (SSSR count). The van der Waals surface area contributed by atoms with Crippen LogP contribution in [-0.2, 0) is 9.36 Å². The van der Waals surface area contributed by atoms with E-state index >= 15 is 0 Å². The Balaban J connectivity index is 3.58. The Kier molecular flexibility index (Phi) is 4.24. The van der Waals surface area contributed by atoms with Gasteiger partial charge in [-0.15, -0.1) is 0 Å². The summed E-state index contributed by atoms with van der Waals surface area (Å²) in [5.41, 5.74) is 0. The van der Waals surface area contributed by atoms with Crippen LogP contribution in [0.4, 0.5) is 0 Å². The molecule has 4 heteroatoms. The smallest absolute Gasteiger partial charge is 0.334 e. The maximum absolute atomic E-state index is 10.7. The molecular formula is C5H11NO2P+. The van der Waals surface area contributed by atoms with Gasteiger partial charge in [0.15, 0.2) is 0 Å². The second-order valence-electron chi connectivity index (χ2n) is 1.73. The van der Waals surface area contributed by atoms with Crippen molar-refractivity contribution >= 4 is 14.4 Å². The van der Waals surface area contributed by atoms with Crippen molar-refractivity contribution in [1.29, 1.82) is 0 Å². The maximum Gasteiger partial charge on any atom is 0.334 e. The van der Waals surface area contributed by atoms with Gasteiger partial charge in [0.05, 0.1) is 0 Å². The van der Waals surface area contributed by atoms with Gasteiger partial charge in [-0.25, -0.2) is 0 Å². The van der Waals surface area contributed by atoms with Gasteiger partial charge in [0.25, 0.3) is 5.91 Å². The number of amides is 1. The lowest BCUT2D eigenvalue weighted by Gasteiger charge is -2.09. The van der Waals surface area contributed by atoms with Crippen LogP contribution >= 0.6 is 8.46 Å². The zero-order chi connectivity index (χ0) is 7.28. The molecule has 0 aromatic rings. The Labute approximate surface area is 56.2 Å². The predicted molar refractivity (Wildman–Crippen MR) is 37.2 cm³/mol. The molecule has 0 radical (unpaired) electrons. The summed E-state index contributed by atoms with van der Waals surface area (Å²) in [6.07, 6.45) is 0.157. The molecule has 0 saturated carbocycles. The fourth-order valence-electron chi connectivity index (χ4n) is 0.373. The van der Waals surface area contributed by atoms with Gasteiger partial charge in [0.2, 0.25) is 6.16 Å². The van der Waals surface area contributed by atoms with E-state index in [9.17, 15) is 9.36 Å². The molecule has 9 heavy (non-hydrogen) atoms. The molecule has 1 atom stereocenters. The largest absolute Gasteiger partial charge is 0.342 e. The van der Waals surface area contributed by atoms with Crippen LogP contribution in [0.15, 0.2) is 0 Å². The molecule has 0 aromatic carbocycles. The van der Waals surface area contributed by atoms with Gasteiger partial charge in [-0.2, -0.15) is 0 Å². The highest BCUT2D eigenvalue weighted by Gasteiger charge is 2.08. The van der Waals surface area contributed by atoms with Gasteiger partial charge >= 0.3 is 8.46 Å². The van der Waals surface area contributed by atoms with Crippen molar-refractivity contribution < 1.29 is 9.36 Å². The Bertz CT molecular complexity index is 116. The first kappa shape index (κ1) is 8.57. The highest BCUT2D eigenvalue weighted by atomic mass is 31.1. The molecule has 0 aliphatic rings. The molecule has 0 saturated heterocycles. The minimum atomic E-state index is -0.507. The van der Waals surface area contributed by atoms with Crippen LogP contribution in [0.2, 0.25) is 0 Å². The lowest BCUT2D eigenvalue weighted by atomic mass is 10.5. The monoisotopic (exact) mass is 148 g/mol. The molecule has 3 nitrogen and oxygen atoms in total. The number of hydrogen-bond acceptors (Lipinski definition) is 2. The zero-order valence-electron chi connectivity index (χ0n) is 5.68. The lowest BCUT2D eigenvalue weighted by molar-refractivity contribution is -0.126. The molecule has 0 bridgehead atoms. The minimum absolute atomic E-state index is 0.0502. The van der Waals surface area contributed by atoms with E-state index in [1.165, 1.54) is 0 Å². The van der Waals surface area contributed by atoms with Crippen molar-refractivity contribution in [2.75, 3.05) is 19.8 Å². The van der Waals surface area contributed by atoms with Crippen LogP contribution in [0.25, 0.3) is 0 Å². The third-order valence-electron chi connectivity index (χ3n) is 1.12. The first-order valence-electron chi connectivity index (χ1n) is 2.81. The third kappa shape index (κ3) is 3.20. The van der Waals surface area contributed by atoms with E-state index in [2.05, 4.69) is 0 Å². The fraction of sp³-hybridized carbons (Fsp3) is 0.800.